The Morgan fingerprint density at radius 2 is 2.23 bits per heavy atom. The Balaban J connectivity index is 1.49. The average Bonchev–Trinajstić information content (AvgIpc) is 3.36. The molecule has 26 heavy (non-hydrogen) atoms. The van der Waals surface area contributed by atoms with Crippen LogP contribution in [0.4, 0.5) is 0 Å². The minimum absolute atomic E-state index is 0.0351. The molecule has 8 heteroatoms. The molecule has 2 aromatic heterocycles. The van der Waals surface area contributed by atoms with Gasteiger partial charge in [0.15, 0.2) is 0 Å². The number of rotatable bonds is 7. The van der Waals surface area contributed by atoms with Gasteiger partial charge in [0.25, 0.3) is 5.91 Å². The van der Waals surface area contributed by atoms with Gasteiger partial charge in [-0.3, -0.25) is 14.7 Å². The number of furan rings is 1. The molecule has 1 aliphatic heterocycles. The van der Waals surface area contributed by atoms with Crippen LogP contribution in [0.25, 0.3) is 0 Å². The minimum Gasteiger partial charge on any atom is -0.467 e. The van der Waals surface area contributed by atoms with Gasteiger partial charge < -0.3 is 19.4 Å². The lowest BCUT2D eigenvalue weighted by Crippen LogP contribution is -2.40. The van der Waals surface area contributed by atoms with Crippen LogP contribution in [0.2, 0.25) is 0 Å². The first kappa shape index (κ1) is 18.2. The molecule has 0 unspecified atom stereocenters. The lowest BCUT2D eigenvalue weighted by Gasteiger charge is -2.31. The number of nitrogens with zero attached hydrogens (tertiary/aromatic N) is 2. The van der Waals surface area contributed by atoms with Crippen LogP contribution in [0.3, 0.4) is 0 Å². The number of aromatic amines is 1. The van der Waals surface area contributed by atoms with Gasteiger partial charge >= 0.3 is 0 Å². The van der Waals surface area contributed by atoms with E-state index in [0.717, 1.165) is 18.5 Å². The van der Waals surface area contributed by atoms with Gasteiger partial charge in [0.2, 0.25) is 5.91 Å². The quantitative estimate of drug-likeness (QED) is 0.782. The number of carbonyl (C=O) groups is 2. The zero-order valence-electron chi connectivity index (χ0n) is 14.9. The average molecular weight is 360 g/mol. The second kappa shape index (κ2) is 8.66. The summed E-state index contributed by atoms with van der Waals surface area (Å²) in [5.41, 5.74) is 1.30. The van der Waals surface area contributed by atoms with Gasteiger partial charge in [-0.1, -0.05) is 0 Å². The van der Waals surface area contributed by atoms with E-state index in [1.54, 1.807) is 24.5 Å². The fourth-order valence-electron chi connectivity index (χ4n) is 3.05. The van der Waals surface area contributed by atoms with Crippen molar-refractivity contribution in [3.8, 4) is 0 Å². The van der Waals surface area contributed by atoms with Crippen molar-refractivity contribution in [2.24, 2.45) is 0 Å². The standard InChI is InChI=1S/C18H24N4O4/c1-2-25-12-17(23)22-7-5-13(6-8-22)15-10-16(21-20-15)18(24)19-11-14-4-3-9-26-14/h3-4,9-10,13H,2,5-8,11-12H2,1H3,(H,19,24)(H,20,21). The van der Waals surface area contributed by atoms with Crippen molar-refractivity contribution in [3.05, 3.63) is 41.6 Å². The van der Waals surface area contributed by atoms with Gasteiger partial charge in [-0.2, -0.15) is 5.10 Å². The summed E-state index contributed by atoms with van der Waals surface area (Å²) in [6, 6.07) is 5.37. The maximum atomic E-state index is 12.2. The fourth-order valence-corrected chi connectivity index (χ4v) is 3.05. The monoisotopic (exact) mass is 360 g/mol. The van der Waals surface area contributed by atoms with Crippen molar-refractivity contribution in [3.63, 3.8) is 0 Å². The van der Waals surface area contributed by atoms with Crippen molar-refractivity contribution in [2.45, 2.75) is 32.2 Å². The molecule has 0 saturated carbocycles. The molecule has 0 bridgehead atoms. The summed E-state index contributed by atoms with van der Waals surface area (Å²) in [6.07, 6.45) is 3.25. The number of carbonyl (C=O) groups excluding carboxylic acids is 2. The predicted octanol–water partition coefficient (Wildman–Crippen LogP) is 1.68. The Hall–Kier alpha value is -2.61. The van der Waals surface area contributed by atoms with Gasteiger partial charge in [-0.05, 0) is 38.0 Å². The second-order valence-corrected chi connectivity index (χ2v) is 6.26. The number of hydrogen-bond acceptors (Lipinski definition) is 5. The summed E-state index contributed by atoms with van der Waals surface area (Å²) in [5.74, 6) is 0.754. The number of amides is 2. The smallest absolute Gasteiger partial charge is 0.272 e. The van der Waals surface area contributed by atoms with Crippen molar-refractivity contribution in [1.82, 2.24) is 20.4 Å². The predicted molar refractivity (Wildman–Crippen MR) is 93.5 cm³/mol. The maximum absolute atomic E-state index is 12.2. The number of hydrogen-bond donors (Lipinski definition) is 2. The summed E-state index contributed by atoms with van der Waals surface area (Å²) >= 11 is 0. The highest BCUT2D eigenvalue weighted by Crippen LogP contribution is 2.27. The number of likely N-dealkylation sites (tertiary alicyclic amines) is 1. The van der Waals surface area contributed by atoms with Crippen LogP contribution in [-0.2, 0) is 16.1 Å². The number of ether oxygens (including phenoxy) is 1. The van der Waals surface area contributed by atoms with E-state index >= 15 is 0 Å². The van der Waals surface area contributed by atoms with E-state index in [4.69, 9.17) is 9.15 Å². The normalized spacial score (nSPS) is 15.2. The molecule has 1 fully saturated rings. The molecule has 0 spiro atoms. The first-order valence-electron chi connectivity index (χ1n) is 8.88. The number of piperidine rings is 1. The summed E-state index contributed by atoms with van der Waals surface area (Å²) in [7, 11) is 0. The van der Waals surface area contributed by atoms with Crippen LogP contribution in [0.5, 0.6) is 0 Å². The van der Waals surface area contributed by atoms with Crippen molar-refractivity contribution >= 4 is 11.8 Å². The van der Waals surface area contributed by atoms with E-state index in [1.165, 1.54) is 0 Å². The summed E-state index contributed by atoms with van der Waals surface area (Å²) in [5, 5.41) is 9.86. The highest BCUT2D eigenvalue weighted by Gasteiger charge is 2.25. The van der Waals surface area contributed by atoms with Crippen LogP contribution < -0.4 is 5.32 Å². The van der Waals surface area contributed by atoms with Crippen LogP contribution in [-0.4, -0.2) is 53.2 Å². The lowest BCUT2D eigenvalue weighted by molar-refractivity contribution is -0.137. The molecule has 0 aliphatic carbocycles. The third-order valence-corrected chi connectivity index (χ3v) is 4.55. The van der Waals surface area contributed by atoms with E-state index in [1.807, 2.05) is 11.8 Å². The first-order valence-corrected chi connectivity index (χ1v) is 8.88. The van der Waals surface area contributed by atoms with E-state index in [-0.39, 0.29) is 24.3 Å². The van der Waals surface area contributed by atoms with Crippen LogP contribution in [0, 0.1) is 0 Å². The van der Waals surface area contributed by atoms with Crippen molar-refractivity contribution in [1.29, 1.82) is 0 Å². The van der Waals surface area contributed by atoms with E-state index < -0.39 is 0 Å². The molecular weight excluding hydrogens is 336 g/mol. The topological polar surface area (TPSA) is 100 Å². The molecule has 3 rings (SSSR count). The molecule has 0 atom stereocenters. The minimum atomic E-state index is -0.242. The Morgan fingerprint density at radius 1 is 1.42 bits per heavy atom. The van der Waals surface area contributed by atoms with E-state index in [2.05, 4.69) is 15.5 Å². The first-order chi connectivity index (χ1) is 12.7. The SMILES string of the molecule is CCOCC(=O)N1CCC(c2cc(C(=O)NCc3ccco3)n[nH]2)CC1. The number of aromatic nitrogens is 2. The van der Waals surface area contributed by atoms with Gasteiger partial charge in [0.05, 0.1) is 12.8 Å². The van der Waals surface area contributed by atoms with Crippen molar-refractivity contribution in [2.75, 3.05) is 26.3 Å². The molecule has 140 valence electrons. The lowest BCUT2D eigenvalue weighted by atomic mass is 9.93. The fraction of sp³-hybridized carbons (Fsp3) is 0.500. The third kappa shape index (κ3) is 4.51. The summed E-state index contributed by atoms with van der Waals surface area (Å²) in [4.78, 5) is 26.0. The molecular formula is C18H24N4O4. The summed E-state index contributed by atoms with van der Waals surface area (Å²) < 4.78 is 10.4. The molecule has 8 nitrogen and oxygen atoms in total. The van der Waals surface area contributed by atoms with E-state index in [0.29, 0.717) is 37.7 Å². The molecule has 2 N–H and O–H groups in total. The Kier molecular flexibility index (Phi) is 6.06. The van der Waals surface area contributed by atoms with Crippen LogP contribution in [0.15, 0.2) is 28.9 Å². The largest absolute Gasteiger partial charge is 0.467 e. The summed E-state index contributed by atoms with van der Waals surface area (Å²) in [6.45, 7) is 4.27. The van der Waals surface area contributed by atoms with E-state index in [9.17, 15) is 9.59 Å². The van der Waals surface area contributed by atoms with Crippen molar-refractivity contribution < 1.29 is 18.7 Å². The second-order valence-electron chi connectivity index (χ2n) is 6.26. The zero-order valence-corrected chi connectivity index (χ0v) is 14.9. The maximum Gasteiger partial charge on any atom is 0.272 e. The Bertz CT molecular complexity index is 717. The van der Waals surface area contributed by atoms with Gasteiger partial charge in [0, 0.05) is 31.3 Å². The van der Waals surface area contributed by atoms with Crippen LogP contribution in [0.1, 0.15) is 47.6 Å². The Labute approximate surface area is 151 Å². The molecule has 2 amide bonds. The molecule has 1 saturated heterocycles. The molecule has 3 heterocycles. The highest BCUT2D eigenvalue weighted by molar-refractivity contribution is 5.92. The molecule has 0 radical (unpaired) electrons. The zero-order chi connectivity index (χ0) is 18.4. The van der Waals surface area contributed by atoms with Gasteiger partial charge in [-0.15, -0.1) is 0 Å². The molecule has 2 aromatic rings. The van der Waals surface area contributed by atoms with Gasteiger partial charge in [-0.25, -0.2) is 0 Å². The molecule has 0 aromatic carbocycles. The highest BCUT2D eigenvalue weighted by atomic mass is 16.5. The third-order valence-electron chi connectivity index (χ3n) is 4.55. The number of nitrogens with one attached hydrogen (secondary N) is 2. The molecule has 1 aliphatic rings. The van der Waals surface area contributed by atoms with Gasteiger partial charge in [0.1, 0.15) is 18.1 Å². The Morgan fingerprint density at radius 3 is 2.92 bits per heavy atom. The number of H-pyrrole nitrogens is 1. The van der Waals surface area contributed by atoms with Crippen LogP contribution >= 0.6 is 0 Å².